The van der Waals surface area contributed by atoms with Crippen LogP contribution in [-0.2, 0) is 0 Å². The molecule has 0 fully saturated rings. The highest BCUT2D eigenvalue weighted by atomic mass is 19.1. The smallest absolute Gasteiger partial charge is 0.239 e. The molecule has 2 heterocycles. The number of halogens is 1. The molecule has 78 valence electrons. The lowest BCUT2D eigenvalue weighted by Crippen LogP contribution is -2.13. The van der Waals surface area contributed by atoms with E-state index in [2.05, 4.69) is 20.5 Å². The predicted molar refractivity (Wildman–Crippen MR) is 51.7 cm³/mol. The molecule has 0 aliphatic carbocycles. The van der Waals surface area contributed by atoms with E-state index in [1.165, 1.54) is 4.68 Å². The minimum absolute atomic E-state index is 0.0612. The van der Waals surface area contributed by atoms with Gasteiger partial charge in [0, 0.05) is 6.20 Å². The molecular weight excluding hydrogens is 199 g/mol. The molecule has 0 aromatic carbocycles. The number of nitrogens with zero attached hydrogens (tertiary/aromatic N) is 4. The molecule has 0 spiro atoms. The van der Waals surface area contributed by atoms with E-state index < -0.39 is 5.82 Å². The first-order valence-electron chi connectivity index (χ1n) is 4.21. The number of nitrogens with one attached hydrogen (secondary N) is 1. The summed E-state index contributed by atoms with van der Waals surface area (Å²) >= 11 is 0. The summed E-state index contributed by atoms with van der Waals surface area (Å²) in [7, 11) is 0. The van der Waals surface area contributed by atoms with Crippen LogP contribution in [0.25, 0.3) is 5.82 Å². The average molecular weight is 208 g/mol. The number of hydrazine groups is 1. The van der Waals surface area contributed by atoms with Crippen LogP contribution in [0.15, 0.2) is 18.6 Å². The van der Waals surface area contributed by atoms with Gasteiger partial charge in [0.2, 0.25) is 5.95 Å². The molecule has 0 saturated heterocycles. The first-order chi connectivity index (χ1) is 7.20. The quantitative estimate of drug-likeness (QED) is 0.551. The first kappa shape index (κ1) is 9.53. The van der Waals surface area contributed by atoms with Crippen molar-refractivity contribution in [3.63, 3.8) is 0 Å². The highest BCUT2D eigenvalue weighted by molar-refractivity contribution is 5.31. The molecule has 2 aromatic heterocycles. The number of rotatable bonds is 2. The van der Waals surface area contributed by atoms with Gasteiger partial charge in [0.25, 0.3) is 0 Å². The molecule has 0 radical (unpaired) electrons. The Hall–Kier alpha value is -2.02. The Labute approximate surface area is 84.9 Å². The average Bonchev–Trinajstić information content (AvgIpc) is 2.65. The summed E-state index contributed by atoms with van der Waals surface area (Å²) in [6.07, 6.45) is 4.30. The lowest BCUT2D eigenvalue weighted by atomic mass is 10.4. The van der Waals surface area contributed by atoms with Crippen molar-refractivity contribution in [3.05, 3.63) is 30.0 Å². The van der Waals surface area contributed by atoms with Gasteiger partial charge in [0.05, 0.1) is 12.4 Å². The topological polar surface area (TPSA) is 81.7 Å². The monoisotopic (exact) mass is 208 g/mol. The Kier molecular flexibility index (Phi) is 2.30. The standard InChI is InChI=1S/C8H9FN6/c1-5-2-12-15(4-5)7-6(9)3-11-8(13-7)14-10/h2-4H,10H2,1H3,(H,11,13,14). The third-order valence-corrected chi connectivity index (χ3v) is 1.78. The highest BCUT2D eigenvalue weighted by Crippen LogP contribution is 2.10. The summed E-state index contributed by atoms with van der Waals surface area (Å²) in [5.74, 6) is 4.77. The van der Waals surface area contributed by atoms with Gasteiger partial charge in [-0.15, -0.1) is 0 Å². The molecule has 0 aliphatic heterocycles. The second-order valence-corrected chi connectivity index (χ2v) is 2.97. The third-order valence-electron chi connectivity index (χ3n) is 1.78. The number of aromatic nitrogens is 4. The molecule has 0 bridgehead atoms. The molecule has 7 heteroatoms. The third kappa shape index (κ3) is 1.77. The van der Waals surface area contributed by atoms with Gasteiger partial charge in [-0.05, 0) is 12.5 Å². The summed E-state index contributed by atoms with van der Waals surface area (Å²) < 4.78 is 14.7. The van der Waals surface area contributed by atoms with Gasteiger partial charge in [0.1, 0.15) is 0 Å². The van der Waals surface area contributed by atoms with Crippen LogP contribution in [0.1, 0.15) is 5.56 Å². The molecule has 0 saturated carbocycles. The lowest BCUT2D eigenvalue weighted by molar-refractivity contribution is 0.593. The molecule has 3 N–H and O–H groups in total. The van der Waals surface area contributed by atoms with Crippen molar-refractivity contribution < 1.29 is 4.39 Å². The zero-order valence-electron chi connectivity index (χ0n) is 7.98. The van der Waals surface area contributed by atoms with Crippen LogP contribution >= 0.6 is 0 Å². The minimum atomic E-state index is -0.558. The summed E-state index contributed by atoms with van der Waals surface area (Å²) in [4.78, 5) is 7.48. The van der Waals surface area contributed by atoms with Crippen LogP contribution in [0.3, 0.4) is 0 Å². The Morgan fingerprint density at radius 2 is 2.27 bits per heavy atom. The summed E-state index contributed by atoms with van der Waals surface area (Å²) in [6, 6.07) is 0. The van der Waals surface area contributed by atoms with Crippen molar-refractivity contribution in [2.45, 2.75) is 6.92 Å². The SMILES string of the molecule is Cc1cnn(-c2nc(NN)ncc2F)c1. The number of nitrogen functional groups attached to an aromatic ring is 1. The molecule has 6 nitrogen and oxygen atoms in total. The number of hydrogen-bond donors (Lipinski definition) is 2. The molecule has 2 rings (SSSR count). The molecule has 0 unspecified atom stereocenters. The van der Waals surface area contributed by atoms with Crippen LogP contribution < -0.4 is 11.3 Å². The van der Waals surface area contributed by atoms with Gasteiger partial charge in [-0.3, -0.25) is 5.43 Å². The van der Waals surface area contributed by atoms with Gasteiger partial charge in [-0.1, -0.05) is 0 Å². The van der Waals surface area contributed by atoms with Crippen molar-refractivity contribution in [2.24, 2.45) is 5.84 Å². The van der Waals surface area contributed by atoms with Crippen LogP contribution in [0.2, 0.25) is 0 Å². The number of aryl methyl sites for hydroxylation is 1. The molecule has 0 atom stereocenters. The highest BCUT2D eigenvalue weighted by Gasteiger charge is 2.09. The van der Waals surface area contributed by atoms with E-state index in [0.29, 0.717) is 0 Å². The van der Waals surface area contributed by atoms with Gasteiger partial charge < -0.3 is 0 Å². The Bertz CT molecular complexity index is 480. The first-order valence-corrected chi connectivity index (χ1v) is 4.21. The zero-order valence-corrected chi connectivity index (χ0v) is 7.98. The van der Waals surface area contributed by atoms with Gasteiger partial charge in [-0.25, -0.2) is 19.9 Å². The predicted octanol–water partition coefficient (Wildman–Crippen LogP) is 0.395. The number of anilines is 1. The number of hydrogen-bond acceptors (Lipinski definition) is 5. The lowest BCUT2D eigenvalue weighted by Gasteiger charge is -2.03. The normalized spacial score (nSPS) is 10.3. The maximum Gasteiger partial charge on any atom is 0.239 e. The second kappa shape index (κ2) is 3.62. The van der Waals surface area contributed by atoms with Gasteiger partial charge >= 0.3 is 0 Å². The van der Waals surface area contributed by atoms with Crippen molar-refractivity contribution in [1.29, 1.82) is 0 Å². The van der Waals surface area contributed by atoms with E-state index in [1.807, 2.05) is 6.92 Å². The van der Waals surface area contributed by atoms with Crippen LogP contribution in [0.4, 0.5) is 10.3 Å². The van der Waals surface area contributed by atoms with Gasteiger partial charge in [0.15, 0.2) is 11.6 Å². The molecule has 0 aliphatic rings. The van der Waals surface area contributed by atoms with E-state index in [0.717, 1.165) is 11.8 Å². The largest absolute Gasteiger partial charge is 0.292 e. The Morgan fingerprint density at radius 3 is 2.87 bits per heavy atom. The fourth-order valence-corrected chi connectivity index (χ4v) is 1.12. The van der Waals surface area contributed by atoms with E-state index >= 15 is 0 Å². The molecule has 0 amide bonds. The van der Waals surface area contributed by atoms with Crippen molar-refractivity contribution in [1.82, 2.24) is 19.7 Å². The van der Waals surface area contributed by atoms with Crippen LogP contribution in [-0.4, -0.2) is 19.7 Å². The Morgan fingerprint density at radius 1 is 1.47 bits per heavy atom. The van der Waals surface area contributed by atoms with Crippen LogP contribution in [0, 0.1) is 12.7 Å². The fourth-order valence-electron chi connectivity index (χ4n) is 1.12. The fraction of sp³-hybridized carbons (Fsp3) is 0.125. The van der Waals surface area contributed by atoms with Crippen molar-refractivity contribution in [2.75, 3.05) is 5.43 Å². The van der Waals surface area contributed by atoms with E-state index in [-0.39, 0.29) is 11.8 Å². The van der Waals surface area contributed by atoms with Gasteiger partial charge in [-0.2, -0.15) is 10.1 Å². The summed E-state index contributed by atoms with van der Waals surface area (Å²) in [5, 5.41) is 3.94. The summed E-state index contributed by atoms with van der Waals surface area (Å²) in [5.41, 5.74) is 3.15. The van der Waals surface area contributed by atoms with Crippen molar-refractivity contribution in [3.8, 4) is 5.82 Å². The number of nitrogens with two attached hydrogens (primary N) is 1. The van der Waals surface area contributed by atoms with E-state index in [1.54, 1.807) is 12.4 Å². The second-order valence-electron chi connectivity index (χ2n) is 2.97. The maximum absolute atomic E-state index is 13.3. The molecular formula is C8H9FN6. The molecule has 15 heavy (non-hydrogen) atoms. The summed E-state index contributed by atoms with van der Waals surface area (Å²) in [6.45, 7) is 1.85. The Balaban J connectivity index is 2.51. The maximum atomic E-state index is 13.3. The zero-order chi connectivity index (χ0) is 10.8. The van der Waals surface area contributed by atoms with Crippen LogP contribution in [0.5, 0.6) is 0 Å². The van der Waals surface area contributed by atoms with Crippen molar-refractivity contribution >= 4 is 5.95 Å². The van der Waals surface area contributed by atoms with E-state index in [9.17, 15) is 4.39 Å². The molecule has 2 aromatic rings. The minimum Gasteiger partial charge on any atom is -0.292 e. The van der Waals surface area contributed by atoms with E-state index in [4.69, 9.17) is 5.84 Å².